The summed E-state index contributed by atoms with van der Waals surface area (Å²) in [5.41, 5.74) is 27.2. The van der Waals surface area contributed by atoms with Crippen molar-refractivity contribution in [3.8, 4) is 17.2 Å². The molecule has 0 saturated heterocycles. The number of phenols is 1. The molecule has 3 atom stereocenters. The van der Waals surface area contributed by atoms with E-state index in [1.165, 1.54) is 75.4 Å². The van der Waals surface area contributed by atoms with E-state index in [2.05, 4.69) is 234 Å². The molecule has 3 unspecified atom stereocenters. The molecule has 0 spiro atoms. The maximum Gasteiger partial charge on any atom is 0.232 e. The molecule has 8 aromatic rings. The SMILES string of the molecule is CCS(=O)(=O)Cl.CCS(=O)(=O)Nc1cc2c(cc1O)CCNC2Cc1cc(Br)c(C)c(Br)c1.CCS(=O)(=O)Nc1cc2c(cc1OCc1ccc(C)cc1)CCCC2Cc1cc(Br)c(C)c(Br)c1.Cc1ccc(COc2cc3c(cc2N)C(Cc2cc(Br)c(C)c(Br)c2)CCC3)cc1.Cl. The third-order valence-corrected chi connectivity index (χ3v) is 26.8. The van der Waals surface area contributed by atoms with E-state index < -0.39 is 29.1 Å². The van der Waals surface area contributed by atoms with Gasteiger partial charge in [-0.15, -0.1) is 12.4 Å². The van der Waals surface area contributed by atoms with Crippen molar-refractivity contribution in [1.82, 2.24) is 5.32 Å². The van der Waals surface area contributed by atoms with Gasteiger partial charge in [-0.3, -0.25) is 9.44 Å². The minimum absolute atomic E-state index is 0. The number of benzene rings is 8. The van der Waals surface area contributed by atoms with Crippen LogP contribution in [-0.2, 0) is 80.8 Å². The number of ether oxygens (including phenoxy) is 2. The van der Waals surface area contributed by atoms with Crippen molar-refractivity contribution >= 4 is 165 Å². The van der Waals surface area contributed by atoms with Gasteiger partial charge in [0.2, 0.25) is 29.1 Å². The lowest BCUT2D eigenvalue weighted by molar-refractivity contribution is 0.307. The van der Waals surface area contributed by atoms with Crippen molar-refractivity contribution in [3.63, 3.8) is 0 Å². The zero-order valence-electron chi connectivity index (χ0n) is 56.7. The molecule has 0 radical (unpaired) electrons. The molecule has 3 aliphatic rings. The van der Waals surface area contributed by atoms with Crippen LogP contribution in [0.4, 0.5) is 17.1 Å². The van der Waals surface area contributed by atoms with Crippen molar-refractivity contribution in [1.29, 1.82) is 0 Å². The summed E-state index contributed by atoms with van der Waals surface area (Å²) in [6, 6.07) is 41.6. The van der Waals surface area contributed by atoms with E-state index >= 15 is 0 Å². The smallest absolute Gasteiger partial charge is 0.232 e. The van der Waals surface area contributed by atoms with Crippen LogP contribution < -0.4 is 30.0 Å². The van der Waals surface area contributed by atoms with Gasteiger partial charge in [-0.25, -0.2) is 25.3 Å². The van der Waals surface area contributed by atoms with E-state index in [4.69, 9.17) is 15.2 Å². The van der Waals surface area contributed by atoms with E-state index in [-0.39, 0.29) is 47.1 Å². The molecule has 1 aliphatic heterocycles. The third kappa shape index (κ3) is 23.7. The van der Waals surface area contributed by atoms with Crippen molar-refractivity contribution in [2.75, 3.05) is 39.0 Å². The molecule has 13 nitrogen and oxygen atoms in total. The fourth-order valence-electron chi connectivity index (χ4n) is 12.0. The summed E-state index contributed by atoms with van der Waals surface area (Å²) in [4.78, 5) is 0. The molecule has 1 heterocycles. The molecule has 24 heteroatoms. The average molecular weight is 1830 g/mol. The van der Waals surface area contributed by atoms with E-state index in [1.807, 2.05) is 31.2 Å². The number of rotatable bonds is 19. The number of nitrogens with two attached hydrogens (primary N) is 1. The molecular formula is C75H86Br6Cl2N4O9S3. The third-order valence-electron chi connectivity index (χ3n) is 17.9. The molecule has 11 rings (SSSR count). The Morgan fingerprint density at radius 2 is 0.869 bits per heavy atom. The molecule has 6 N–H and O–H groups in total. The molecule has 2 aliphatic carbocycles. The first kappa shape index (κ1) is 82.1. The Labute approximate surface area is 647 Å². The van der Waals surface area contributed by atoms with Crippen LogP contribution in [0.5, 0.6) is 17.2 Å². The van der Waals surface area contributed by atoms with Gasteiger partial charge in [0.05, 0.1) is 34.3 Å². The number of aryl methyl sites for hydroxylation is 4. The number of hydrogen-bond acceptors (Lipinski definition) is 11. The van der Waals surface area contributed by atoms with Crippen LogP contribution in [-0.4, -0.2) is 54.2 Å². The van der Waals surface area contributed by atoms with Gasteiger partial charge in [0.25, 0.3) is 0 Å². The summed E-state index contributed by atoms with van der Waals surface area (Å²) in [5, 5.41) is 13.8. The van der Waals surface area contributed by atoms with Gasteiger partial charge >= 0.3 is 0 Å². The number of aromatic hydroxyl groups is 1. The maximum absolute atomic E-state index is 12.5. The van der Waals surface area contributed by atoms with Gasteiger partial charge in [-0.2, -0.15) is 0 Å². The first-order chi connectivity index (χ1) is 46.3. The first-order valence-corrected chi connectivity index (χ1v) is 43.2. The predicted molar refractivity (Wildman–Crippen MR) is 432 cm³/mol. The van der Waals surface area contributed by atoms with E-state index in [1.54, 1.807) is 26.0 Å². The van der Waals surface area contributed by atoms with Crippen LogP contribution in [0.2, 0.25) is 0 Å². The number of nitrogen functional groups attached to an aromatic ring is 1. The van der Waals surface area contributed by atoms with Gasteiger partial charge in [0.1, 0.15) is 30.5 Å². The minimum Gasteiger partial charge on any atom is -0.506 e. The lowest BCUT2D eigenvalue weighted by atomic mass is 9.79. The summed E-state index contributed by atoms with van der Waals surface area (Å²) in [6.45, 7) is 16.8. The highest BCUT2D eigenvalue weighted by molar-refractivity contribution is 9.11. The lowest BCUT2D eigenvalue weighted by Gasteiger charge is -2.28. The van der Waals surface area contributed by atoms with Crippen LogP contribution in [0, 0.1) is 34.6 Å². The van der Waals surface area contributed by atoms with Crippen LogP contribution >= 0.6 is 119 Å². The van der Waals surface area contributed by atoms with E-state index in [0.717, 1.165) is 130 Å². The molecular weight excluding hydrogens is 1750 g/mol. The van der Waals surface area contributed by atoms with Crippen LogP contribution in [0.1, 0.15) is 153 Å². The summed E-state index contributed by atoms with van der Waals surface area (Å²) >= 11 is 21.9. The van der Waals surface area contributed by atoms with Gasteiger partial charge in [0, 0.05) is 43.6 Å². The number of hydrogen-bond donors (Lipinski definition) is 5. The van der Waals surface area contributed by atoms with E-state index in [0.29, 0.717) is 36.5 Å². The number of halogens is 8. The highest BCUT2D eigenvalue weighted by Crippen LogP contribution is 2.44. The largest absolute Gasteiger partial charge is 0.506 e. The summed E-state index contributed by atoms with van der Waals surface area (Å²) in [7, 11) is -5.40. The van der Waals surface area contributed by atoms with Gasteiger partial charge < -0.3 is 25.6 Å². The second kappa shape index (κ2) is 37.0. The summed E-state index contributed by atoms with van der Waals surface area (Å²) < 4.78 is 92.5. The number of sulfonamides is 2. The predicted octanol–water partition coefficient (Wildman–Crippen LogP) is 20.9. The van der Waals surface area contributed by atoms with Crippen molar-refractivity contribution in [2.45, 2.75) is 151 Å². The second-order valence-corrected chi connectivity index (χ2v) is 37.4. The Kier molecular flexibility index (Phi) is 30.7. The molecule has 534 valence electrons. The monoisotopic (exact) mass is 1830 g/mol. The quantitative estimate of drug-likeness (QED) is 0.0293. The normalized spacial score (nSPS) is 15.5. The molecule has 0 aromatic heterocycles. The molecule has 99 heavy (non-hydrogen) atoms. The zero-order chi connectivity index (χ0) is 71.4. The Bertz CT molecular complexity index is 4450. The Morgan fingerprint density at radius 1 is 0.495 bits per heavy atom. The van der Waals surface area contributed by atoms with Crippen molar-refractivity contribution in [3.05, 3.63) is 237 Å². The average Bonchev–Trinajstić information content (AvgIpc) is 0.798. The molecule has 0 fully saturated rings. The summed E-state index contributed by atoms with van der Waals surface area (Å²) in [6.07, 6.45) is 10.1. The lowest BCUT2D eigenvalue weighted by Crippen LogP contribution is -2.31. The Balaban J connectivity index is 0.000000201. The topological polar surface area (TPSA) is 203 Å². The highest BCUT2D eigenvalue weighted by Gasteiger charge is 2.28. The molecule has 0 bridgehead atoms. The van der Waals surface area contributed by atoms with E-state index in [9.17, 15) is 30.4 Å². The first-order valence-electron chi connectivity index (χ1n) is 32.6. The van der Waals surface area contributed by atoms with Gasteiger partial charge in [-0.1, -0.05) is 162 Å². The van der Waals surface area contributed by atoms with Crippen molar-refractivity contribution < 1.29 is 39.8 Å². The van der Waals surface area contributed by atoms with Crippen LogP contribution in [0.25, 0.3) is 0 Å². The highest BCUT2D eigenvalue weighted by atomic mass is 79.9. The van der Waals surface area contributed by atoms with Crippen LogP contribution in [0.15, 0.2) is 148 Å². The minimum atomic E-state index is -3.46. The molecule has 0 saturated carbocycles. The number of fused-ring (bicyclic) bond motifs is 3. The standard InChI is InChI=1S/C28H31Br2NO3S.C26H27Br2NO.C19H22Br2N2O3S.C2H5ClO2S.ClH/c1-4-35(32,33)31-27-16-24-22(12-21-13-25(29)19(3)26(30)14-21)6-5-7-23(24)15-28(27)34-17-20-10-8-18(2)9-11-20;1-16-6-8-18(9-7-16)15-30-26-13-21-5-3-4-20(22(21)14-25(26)29)10-19-11-23(27)17(2)24(28)12-19;1-3-27(25,26)23-18-10-14-13(9-19(18)24)4-5-22-17(14)8-12-6-15(20)11(2)16(21)7-12;1-2-6(3,4)5;/h8-11,13-16,22,31H,4-7,12,17H2,1-3H3;6-9,11-14,20H,3-5,10,15,29H2,1-2H3;6-7,9-10,17,22-24H,3-5,8H2,1-2H3;2H2,1H3;1H. The molecule has 0 amide bonds. The zero-order valence-corrected chi connectivity index (χ0v) is 70.2. The fraction of sp³-hybridized carbons (Fsp3) is 0.360. The molecule has 8 aromatic carbocycles. The number of nitrogens with one attached hydrogen (secondary N) is 3. The Morgan fingerprint density at radius 3 is 1.29 bits per heavy atom. The maximum atomic E-state index is 12.5. The van der Waals surface area contributed by atoms with Gasteiger partial charge in [0.15, 0.2) is 0 Å². The number of anilines is 3. The number of phenolic OH excluding ortho intramolecular Hbond substituents is 1. The fourth-order valence-corrected chi connectivity index (χ4v) is 17.1. The summed E-state index contributed by atoms with van der Waals surface area (Å²) in [5.74, 6) is 2.13. The van der Waals surface area contributed by atoms with Crippen molar-refractivity contribution in [2.24, 2.45) is 0 Å². The van der Waals surface area contributed by atoms with Crippen LogP contribution in [0.3, 0.4) is 0 Å². The Hall–Kier alpha value is -4.17. The second-order valence-electron chi connectivity index (χ2n) is 25.2. The van der Waals surface area contributed by atoms with Gasteiger partial charge in [-0.05, 0) is 282 Å².